The summed E-state index contributed by atoms with van der Waals surface area (Å²) in [6.45, 7) is 2.50. The van der Waals surface area contributed by atoms with E-state index in [1.165, 1.54) is 6.26 Å². The fourth-order valence-corrected chi connectivity index (χ4v) is 1.55. The highest BCUT2D eigenvalue weighted by Crippen LogP contribution is 2.22. The number of hydrogen-bond acceptors (Lipinski definition) is 4. The van der Waals surface area contributed by atoms with Gasteiger partial charge in [0.15, 0.2) is 0 Å². The van der Waals surface area contributed by atoms with Crippen LogP contribution in [0.1, 0.15) is 18.9 Å². The number of nitriles is 1. The monoisotopic (exact) mass is 229 g/mol. The van der Waals surface area contributed by atoms with Crippen LogP contribution in [0.15, 0.2) is 33.7 Å². The predicted molar refractivity (Wildman–Crippen MR) is 63.0 cm³/mol. The van der Waals surface area contributed by atoms with E-state index < -0.39 is 0 Å². The van der Waals surface area contributed by atoms with E-state index in [2.05, 4.69) is 0 Å². The van der Waals surface area contributed by atoms with Gasteiger partial charge < -0.3 is 9.15 Å². The van der Waals surface area contributed by atoms with Crippen LogP contribution < -0.4 is 10.2 Å². The second kappa shape index (κ2) is 4.71. The SMILES string of the molecule is CCCOc1cccc2occ(C#N)c(=O)c12. The van der Waals surface area contributed by atoms with Crippen LogP contribution in [0.3, 0.4) is 0 Å². The molecule has 17 heavy (non-hydrogen) atoms. The van der Waals surface area contributed by atoms with Crippen LogP contribution in [0.25, 0.3) is 11.0 Å². The number of fused-ring (bicyclic) bond motifs is 1. The lowest BCUT2D eigenvalue weighted by atomic mass is 10.1. The Morgan fingerprint density at radius 2 is 2.29 bits per heavy atom. The first-order valence-electron chi connectivity index (χ1n) is 5.35. The highest BCUT2D eigenvalue weighted by atomic mass is 16.5. The number of ether oxygens (including phenoxy) is 1. The van der Waals surface area contributed by atoms with Gasteiger partial charge in [-0.3, -0.25) is 4.79 Å². The molecule has 0 bridgehead atoms. The standard InChI is InChI=1S/C13H11NO3/c1-2-6-16-10-4-3-5-11-12(10)13(15)9(7-14)8-17-11/h3-5,8H,2,6H2,1H3. The van der Waals surface area contributed by atoms with Crippen LogP contribution >= 0.6 is 0 Å². The first-order chi connectivity index (χ1) is 8.27. The first-order valence-corrected chi connectivity index (χ1v) is 5.35. The van der Waals surface area contributed by atoms with Gasteiger partial charge in [0.05, 0.1) is 6.61 Å². The third kappa shape index (κ3) is 2.00. The van der Waals surface area contributed by atoms with E-state index in [0.29, 0.717) is 23.3 Å². The minimum Gasteiger partial charge on any atom is -0.493 e. The molecule has 2 rings (SSSR count). The normalized spacial score (nSPS) is 10.1. The predicted octanol–water partition coefficient (Wildman–Crippen LogP) is 2.45. The van der Waals surface area contributed by atoms with Crippen LogP contribution in [-0.4, -0.2) is 6.61 Å². The third-order valence-electron chi connectivity index (χ3n) is 2.35. The molecule has 0 aliphatic heterocycles. The number of hydrogen-bond donors (Lipinski definition) is 0. The van der Waals surface area contributed by atoms with Crippen molar-refractivity contribution in [1.29, 1.82) is 5.26 Å². The largest absolute Gasteiger partial charge is 0.493 e. The van der Waals surface area contributed by atoms with Crippen LogP contribution in [0.5, 0.6) is 5.75 Å². The highest BCUT2D eigenvalue weighted by molar-refractivity contribution is 5.84. The quantitative estimate of drug-likeness (QED) is 0.810. The molecule has 0 saturated heterocycles. The summed E-state index contributed by atoms with van der Waals surface area (Å²) in [6, 6.07) is 6.94. The molecule has 0 aliphatic rings. The van der Waals surface area contributed by atoms with Crippen LogP contribution in [0.4, 0.5) is 0 Å². The molecule has 1 aromatic carbocycles. The van der Waals surface area contributed by atoms with E-state index >= 15 is 0 Å². The third-order valence-corrected chi connectivity index (χ3v) is 2.35. The minimum absolute atomic E-state index is 0.00921. The molecule has 0 spiro atoms. The second-order valence-corrected chi connectivity index (χ2v) is 3.57. The van der Waals surface area contributed by atoms with Crippen molar-refractivity contribution in [3.8, 4) is 11.8 Å². The van der Waals surface area contributed by atoms with Crippen molar-refractivity contribution in [2.45, 2.75) is 13.3 Å². The Hall–Kier alpha value is -2.28. The van der Waals surface area contributed by atoms with Crippen molar-refractivity contribution in [2.24, 2.45) is 0 Å². The number of benzene rings is 1. The Labute approximate surface area is 98.0 Å². The van der Waals surface area contributed by atoms with Gasteiger partial charge in [0.2, 0.25) is 5.43 Å². The lowest BCUT2D eigenvalue weighted by Crippen LogP contribution is -2.08. The molecule has 0 atom stereocenters. The van der Waals surface area contributed by atoms with Gasteiger partial charge >= 0.3 is 0 Å². The molecule has 0 aliphatic carbocycles. The van der Waals surface area contributed by atoms with E-state index in [-0.39, 0.29) is 11.0 Å². The molecule has 0 saturated carbocycles. The summed E-state index contributed by atoms with van der Waals surface area (Å²) in [5.74, 6) is 0.468. The summed E-state index contributed by atoms with van der Waals surface area (Å²) in [5, 5.41) is 9.13. The van der Waals surface area contributed by atoms with E-state index in [9.17, 15) is 4.79 Å². The zero-order valence-corrected chi connectivity index (χ0v) is 9.40. The van der Waals surface area contributed by atoms with E-state index in [4.69, 9.17) is 14.4 Å². The summed E-state index contributed by atoms with van der Waals surface area (Å²) in [5.41, 5.74) is 0.0769. The number of nitrogens with zero attached hydrogens (tertiary/aromatic N) is 1. The summed E-state index contributed by atoms with van der Waals surface area (Å²) < 4.78 is 10.7. The van der Waals surface area contributed by atoms with Crippen molar-refractivity contribution in [3.63, 3.8) is 0 Å². The average molecular weight is 229 g/mol. The zero-order chi connectivity index (χ0) is 12.3. The Bertz CT molecular complexity index is 637. The molecule has 0 fully saturated rings. The molecular weight excluding hydrogens is 218 g/mol. The fraction of sp³-hybridized carbons (Fsp3) is 0.231. The molecule has 2 aromatic rings. The molecule has 0 radical (unpaired) electrons. The second-order valence-electron chi connectivity index (χ2n) is 3.57. The maximum atomic E-state index is 12.0. The van der Waals surface area contributed by atoms with E-state index in [1.54, 1.807) is 18.2 Å². The molecule has 0 unspecified atom stereocenters. The summed E-state index contributed by atoms with van der Waals surface area (Å²) in [4.78, 5) is 12.0. The maximum Gasteiger partial charge on any atom is 0.214 e. The van der Waals surface area contributed by atoms with Crippen molar-refractivity contribution in [2.75, 3.05) is 6.61 Å². The van der Waals surface area contributed by atoms with Crippen molar-refractivity contribution < 1.29 is 9.15 Å². The zero-order valence-electron chi connectivity index (χ0n) is 9.40. The average Bonchev–Trinajstić information content (AvgIpc) is 2.36. The van der Waals surface area contributed by atoms with Gasteiger partial charge in [-0.25, -0.2) is 0 Å². The summed E-state index contributed by atoms with van der Waals surface area (Å²) in [7, 11) is 0. The topological polar surface area (TPSA) is 63.2 Å². The Morgan fingerprint density at radius 1 is 1.47 bits per heavy atom. The minimum atomic E-state index is -0.347. The Kier molecular flexibility index (Phi) is 3.10. The first kappa shape index (κ1) is 11.2. The van der Waals surface area contributed by atoms with Crippen molar-refractivity contribution in [1.82, 2.24) is 0 Å². The van der Waals surface area contributed by atoms with Crippen molar-refractivity contribution >= 4 is 11.0 Å². The number of rotatable bonds is 3. The van der Waals surface area contributed by atoms with Crippen molar-refractivity contribution in [3.05, 3.63) is 40.2 Å². The van der Waals surface area contributed by atoms with Gasteiger partial charge in [0, 0.05) is 0 Å². The van der Waals surface area contributed by atoms with E-state index in [0.717, 1.165) is 6.42 Å². The lowest BCUT2D eigenvalue weighted by Gasteiger charge is -2.06. The molecular formula is C13H11NO3. The van der Waals surface area contributed by atoms with Gasteiger partial charge in [-0.1, -0.05) is 13.0 Å². The van der Waals surface area contributed by atoms with Gasteiger partial charge in [0.1, 0.15) is 34.6 Å². The molecule has 0 amide bonds. The molecule has 0 N–H and O–H groups in total. The molecule has 86 valence electrons. The fourth-order valence-electron chi connectivity index (χ4n) is 1.55. The van der Waals surface area contributed by atoms with Gasteiger partial charge in [-0.05, 0) is 18.6 Å². The summed E-state index contributed by atoms with van der Waals surface area (Å²) >= 11 is 0. The van der Waals surface area contributed by atoms with Gasteiger partial charge in [-0.15, -0.1) is 0 Å². The van der Waals surface area contributed by atoms with Gasteiger partial charge in [0.25, 0.3) is 0 Å². The van der Waals surface area contributed by atoms with Gasteiger partial charge in [-0.2, -0.15) is 5.26 Å². The van der Waals surface area contributed by atoms with E-state index in [1.807, 2.05) is 13.0 Å². The molecule has 4 heteroatoms. The summed E-state index contributed by atoms with van der Waals surface area (Å²) in [6.07, 6.45) is 2.02. The van der Waals surface area contributed by atoms with Crippen LogP contribution in [0, 0.1) is 11.3 Å². The maximum absolute atomic E-state index is 12.0. The molecule has 1 heterocycles. The van der Waals surface area contributed by atoms with Crippen LogP contribution in [-0.2, 0) is 0 Å². The Morgan fingerprint density at radius 3 is 3.00 bits per heavy atom. The highest BCUT2D eigenvalue weighted by Gasteiger charge is 2.11. The van der Waals surface area contributed by atoms with Crippen LogP contribution in [0.2, 0.25) is 0 Å². The molecule has 1 aromatic heterocycles. The smallest absolute Gasteiger partial charge is 0.214 e. The molecule has 4 nitrogen and oxygen atoms in total. The lowest BCUT2D eigenvalue weighted by molar-refractivity contribution is 0.320. The Balaban J connectivity index is 2.69.